The summed E-state index contributed by atoms with van der Waals surface area (Å²) in [5.74, 6) is 0.103. The summed E-state index contributed by atoms with van der Waals surface area (Å²) < 4.78 is 18.8. The monoisotopic (exact) mass is 354 g/mol. The molecule has 2 aromatic carbocycles. The summed E-state index contributed by atoms with van der Waals surface area (Å²) in [4.78, 5) is 26.1. The number of anilines is 1. The van der Waals surface area contributed by atoms with Gasteiger partial charge in [-0.3, -0.25) is 9.69 Å². The lowest BCUT2D eigenvalue weighted by Gasteiger charge is -2.31. The maximum absolute atomic E-state index is 13.6. The van der Waals surface area contributed by atoms with Gasteiger partial charge in [-0.2, -0.15) is 0 Å². The van der Waals surface area contributed by atoms with Crippen LogP contribution in [0.5, 0.6) is 5.75 Å². The van der Waals surface area contributed by atoms with Gasteiger partial charge in [0.2, 0.25) is 0 Å². The molecular weight excluding hydrogens is 335 g/mol. The Hall–Kier alpha value is -3.15. The largest absolute Gasteiger partial charge is 0.497 e. The SMILES string of the molecule is COc1ccc(C)c(NC(=O)N2C=CC(=O)CC2c2cccc(F)c2)c1. The van der Waals surface area contributed by atoms with Crippen LogP contribution in [0.2, 0.25) is 0 Å². The second-order valence-electron chi connectivity index (χ2n) is 6.08. The Labute approximate surface area is 151 Å². The van der Waals surface area contributed by atoms with Gasteiger partial charge < -0.3 is 10.1 Å². The number of hydrogen-bond donors (Lipinski definition) is 1. The predicted octanol–water partition coefficient (Wildman–Crippen LogP) is 4.20. The average Bonchev–Trinajstić information content (AvgIpc) is 2.63. The van der Waals surface area contributed by atoms with E-state index in [2.05, 4.69) is 5.32 Å². The molecule has 0 spiro atoms. The number of allylic oxidation sites excluding steroid dienone is 1. The van der Waals surface area contributed by atoms with Crippen LogP contribution in [0.1, 0.15) is 23.6 Å². The molecular formula is C20H19FN2O3. The van der Waals surface area contributed by atoms with Gasteiger partial charge in [0.25, 0.3) is 0 Å². The van der Waals surface area contributed by atoms with Gasteiger partial charge >= 0.3 is 6.03 Å². The number of carbonyl (C=O) groups is 2. The van der Waals surface area contributed by atoms with Gasteiger partial charge in [0, 0.05) is 24.4 Å². The van der Waals surface area contributed by atoms with E-state index in [1.54, 1.807) is 31.4 Å². The van der Waals surface area contributed by atoms with E-state index in [9.17, 15) is 14.0 Å². The zero-order chi connectivity index (χ0) is 18.7. The number of ketones is 1. The third-order valence-corrected chi connectivity index (χ3v) is 4.31. The molecule has 1 atom stereocenters. The molecule has 0 aliphatic carbocycles. The smallest absolute Gasteiger partial charge is 0.326 e. The zero-order valence-corrected chi connectivity index (χ0v) is 14.5. The average molecular weight is 354 g/mol. The number of halogens is 1. The molecule has 2 amide bonds. The molecule has 1 heterocycles. The van der Waals surface area contributed by atoms with Crippen molar-refractivity contribution in [3.8, 4) is 5.75 Å². The Bertz CT molecular complexity index is 879. The van der Waals surface area contributed by atoms with Crippen LogP contribution >= 0.6 is 0 Å². The molecule has 134 valence electrons. The minimum Gasteiger partial charge on any atom is -0.497 e. The van der Waals surface area contributed by atoms with Crippen LogP contribution in [-0.2, 0) is 4.79 Å². The number of rotatable bonds is 3. The van der Waals surface area contributed by atoms with Crippen molar-refractivity contribution in [2.24, 2.45) is 0 Å². The quantitative estimate of drug-likeness (QED) is 0.898. The molecule has 0 saturated heterocycles. The predicted molar refractivity (Wildman–Crippen MR) is 96.5 cm³/mol. The standard InChI is InChI=1S/C20H19FN2O3/c1-13-6-7-17(26-2)12-18(13)22-20(25)23-9-8-16(24)11-19(23)14-4-3-5-15(21)10-14/h3-10,12,19H,11H2,1-2H3,(H,22,25). The fourth-order valence-corrected chi connectivity index (χ4v) is 2.87. The topological polar surface area (TPSA) is 58.6 Å². The van der Waals surface area contributed by atoms with Crippen molar-refractivity contribution >= 4 is 17.5 Å². The normalized spacial score (nSPS) is 16.5. The fraction of sp³-hybridized carbons (Fsp3) is 0.200. The summed E-state index contributed by atoms with van der Waals surface area (Å²) in [5.41, 5.74) is 2.05. The second-order valence-corrected chi connectivity index (χ2v) is 6.08. The summed E-state index contributed by atoms with van der Waals surface area (Å²) in [6.45, 7) is 1.87. The highest BCUT2D eigenvalue weighted by Gasteiger charge is 2.29. The molecule has 5 nitrogen and oxygen atoms in total. The van der Waals surface area contributed by atoms with E-state index in [4.69, 9.17) is 4.74 Å². The van der Waals surface area contributed by atoms with Crippen molar-refractivity contribution in [3.05, 3.63) is 71.7 Å². The summed E-state index contributed by atoms with van der Waals surface area (Å²) in [6.07, 6.45) is 2.89. The number of nitrogens with zero attached hydrogens (tertiary/aromatic N) is 1. The van der Waals surface area contributed by atoms with E-state index >= 15 is 0 Å². The first-order valence-electron chi connectivity index (χ1n) is 8.18. The van der Waals surface area contributed by atoms with Crippen LogP contribution in [0.15, 0.2) is 54.7 Å². The van der Waals surface area contributed by atoms with Crippen LogP contribution in [0, 0.1) is 12.7 Å². The summed E-state index contributed by atoms with van der Waals surface area (Å²) in [6, 6.07) is 10.3. The van der Waals surface area contributed by atoms with Gasteiger partial charge in [0.05, 0.1) is 13.2 Å². The molecule has 0 radical (unpaired) electrons. The molecule has 6 heteroatoms. The minimum atomic E-state index is -0.561. The third-order valence-electron chi connectivity index (χ3n) is 4.31. The van der Waals surface area contributed by atoms with Crippen LogP contribution in [0.4, 0.5) is 14.9 Å². The molecule has 1 aliphatic heterocycles. The number of nitrogens with one attached hydrogen (secondary N) is 1. The molecule has 0 fully saturated rings. The Balaban J connectivity index is 1.88. The Morgan fingerprint density at radius 2 is 2.08 bits per heavy atom. The van der Waals surface area contributed by atoms with E-state index in [-0.39, 0.29) is 12.2 Å². The van der Waals surface area contributed by atoms with Crippen LogP contribution in [-0.4, -0.2) is 23.8 Å². The van der Waals surface area contributed by atoms with Gasteiger partial charge in [-0.15, -0.1) is 0 Å². The van der Waals surface area contributed by atoms with Crippen LogP contribution in [0.25, 0.3) is 0 Å². The van der Waals surface area contributed by atoms with Gasteiger partial charge in [-0.05, 0) is 42.3 Å². The van der Waals surface area contributed by atoms with Crippen molar-refractivity contribution in [1.82, 2.24) is 4.90 Å². The molecule has 3 rings (SSSR count). The lowest BCUT2D eigenvalue weighted by atomic mass is 9.97. The van der Waals surface area contributed by atoms with Crippen LogP contribution in [0.3, 0.4) is 0 Å². The summed E-state index contributed by atoms with van der Waals surface area (Å²) >= 11 is 0. The third kappa shape index (κ3) is 3.74. The first kappa shape index (κ1) is 17.7. The van der Waals surface area contributed by atoms with Gasteiger partial charge in [-0.25, -0.2) is 9.18 Å². The Morgan fingerprint density at radius 3 is 2.81 bits per heavy atom. The number of amides is 2. The number of carbonyl (C=O) groups excluding carboxylic acids is 2. The minimum absolute atomic E-state index is 0.102. The number of urea groups is 1. The van der Waals surface area contributed by atoms with Gasteiger partial charge in [-0.1, -0.05) is 18.2 Å². The molecule has 0 bridgehead atoms. The maximum Gasteiger partial charge on any atom is 0.326 e. The number of benzene rings is 2. The molecule has 0 saturated carbocycles. The summed E-state index contributed by atoms with van der Waals surface area (Å²) in [7, 11) is 1.55. The highest BCUT2D eigenvalue weighted by atomic mass is 19.1. The van der Waals surface area contributed by atoms with Crippen molar-refractivity contribution in [2.75, 3.05) is 12.4 Å². The van der Waals surface area contributed by atoms with E-state index in [0.29, 0.717) is 17.0 Å². The molecule has 1 N–H and O–H groups in total. The highest BCUT2D eigenvalue weighted by molar-refractivity contribution is 5.96. The lowest BCUT2D eigenvalue weighted by molar-refractivity contribution is -0.116. The lowest BCUT2D eigenvalue weighted by Crippen LogP contribution is -2.37. The molecule has 0 aromatic heterocycles. The first-order valence-corrected chi connectivity index (χ1v) is 8.18. The highest BCUT2D eigenvalue weighted by Crippen LogP contribution is 2.30. The number of methoxy groups -OCH3 is 1. The van der Waals surface area contributed by atoms with E-state index in [1.165, 1.54) is 29.3 Å². The van der Waals surface area contributed by atoms with E-state index < -0.39 is 17.9 Å². The van der Waals surface area contributed by atoms with Gasteiger partial charge in [0.15, 0.2) is 5.78 Å². The molecule has 1 aliphatic rings. The van der Waals surface area contributed by atoms with E-state index in [1.807, 2.05) is 13.0 Å². The first-order chi connectivity index (χ1) is 12.5. The summed E-state index contributed by atoms with van der Waals surface area (Å²) in [5, 5.41) is 2.83. The van der Waals surface area contributed by atoms with Crippen molar-refractivity contribution in [2.45, 2.75) is 19.4 Å². The van der Waals surface area contributed by atoms with Crippen molar-refractivity contribution in [3.63, 3.8) is 0 Å². The second kappa shape index (κ2) is 7.39. The zero-order valence-electron chi connectivity index (χ0n) is 14.5. The number of hydrogen-bond acceptors (Lipinski definition) is 3. The maximum atomic E-state index is 13.6. The van der Waals surface area contributed by atoms with Crippen molar-refractivity contribution < 1.29 is 18.7 Å². The molecule has 26 heavy (non-hydrogen) atoms. The van der Waals surface area contributed by atoms with E-state index in [0.717, 1.165) is 5.56 Å². The fourth-order valence-electron chi connectivity index (χ4n) is 2.87. The Kier molecular flexibility index (Phi) is 5.02. The number of aryl methyl sites for hydroxylation is 1. The van der Waals surface area contributed by atoms with Gasteiger partial charge in [0.1, 0.15) is 11.6 Å². The molecule has 1 unspecified atom stereocenters. The molecule has 2 aromatic rings. The number of ether oxygens (including phenoxy) is 1. The Morgan fingerprint density at radius 1 is 1.27 bits per heavy atom. The van der Waals surface area contributed by atoms with Crippen LogP contribution < -0.4 is 10.1 Å². The van der Waals surface area contributed by atoms with Crippen molar-refractivity contribution in [1.29, 1.82) is 0 Å².